The Morgan fingerprint density at radius 1 is 1.11 bits per heavy atom. The summed E-state index contributed by atoms with van der Waals surface area (Å²) in [7, 11) is 1.12. The van der Waals surface area contributed by atoms with Crippen molar-refractivity contribution in [2.45, 2.75) is 37.9 Å². The molecule has 0 aromatic heterocycles. The average Bonchev–Trinajstić information content (AvgIpc) is 2.92. The second-order valence-electron chi connectivity index (χ2n) is 7.72. The summed E-state index contributed by atoms with van der Waals surface area (Å²) in [4.78, 5) is 12.2. The van der Waals surface area contributed by atoms with Gasteiger partial charge in [0.1, 0.15) is 18.0 Å². The van der Waals surface area contributed by atoms with E-state index in [9.17, 15) is 31.1 Å². The third-order valence-corrected chi connectivity index (χ3v) is 5.37. The van der Waals surface area contributed by atoms with Crippen LogP contribution in [0, 0.1) is 16.6 Å². The van der Waals surface area contributed by atoms with Gasteiger partial charge < -0.3 is 14.2 Å². The van der Waals surface area contributed by atoms with Gasteiger partial charge in [-0.25, -0.2) is 4.39 Å². The Bertz CT molecular complexity index is 1210. The largest absolute Gasteiger partial charge is 0.494 e. The topological polar surface area (TPSA) is 95.7 Å². The molecule has 2 aromatic carbocycles. The number of alkyl halides is 6. The van der Waals surface area contributed by atoms with Crippen molar-refractivity contribution in [1.29, 1.82) is 10.8 Å². The van der Waals surface area contributed by atoms with E-state index in [4.69, 9.17) is 25.0 Å². The van der Waals surface area contributed by atoms with Crippen molar-refractivity contribution in [3.8, 4) is 5.75 Å². The number of hydrogen-bond acceptors (Lipinski definition) is 6. The molecule has 2 atom stereocenters. The Morgan fingerprint density at radius 2 is 1.78 bits per heavy atom. The molecule has 14 heteroatoms. The van der Waals surface area contributed by atoms with E-state index in [0.29, 0.717) is 18.2 Å². The third kappa shape index (κ3) is 5.68. The van der Waals surface area contributed by atoms with E-state index in [1.165, 1.54) is 19.1 Å². The van der Waals surface area contributed by atoms with Gasteiger partial charge in [-0.15, -0.1) is 0 Å². The van der Waals surface area contributed by atoms with Gasteiger partial charge in [0.05, 0.1) is 31.4 Å². The van der Waals surface area contributed by atoms with E-state index in [2.05, 4.69) is 0 Å². The Balaban J connectivity index is 2.34. The normalized spacial score (nSPS) is 18.2. The number of amidine groups is 2. The molecule has 0 unspecified atom stereocenters. The quantitative estimate of drug-likeness (QED) is 0.224. The molecule has 1 aliphatic heterocycles. The van der Waals surface area contributed by atoms with Gasteiger partial charge >= 0.3 is 18.3 Å². The molecular formula is C23H20F7N3O4. The summed E-state index contributed by atoms with van der Waals surface area (Å²) in [5, 5.41) is 16.1. The molecule has 2 N–H and O–H groups in total. The molecule has 3 rings (SSSR count). The highest BCUT2D eigenvalue weighted by atomic mass is 19.4. The van der Waals surface area contributed by atoms with Crippen LogP contribution in [0.15, 0.2) is 36.4 Å². The van der Waals surface area contributed by atoms with Gasteiger partial charge in [0.15, 0.2) is 11.6 Å². The number of nitrogens with zero attached hydrogens (tertiary/aromatic N) is 1. The molecule has 1 heterocycles. The number of methoxy groups -OCH3 is 1. The first-order valence-corrected chi connectivity index (χ1v) is 10.6. The van der Waals surface area contributed by atoms with Crippen molar-refractivity contribution in [2.24, 2.45) is 0 Å². The average molecular weight is 535 g/mol. The van der Waals surface area contributed by atoms with Crippen LogP contribution in [0.4, 0.5) is 36.4 Å². The zero-order valence-corrected chi connectivity index (χ0v) is 19.3. The van der Waals surface area contributed by atoms with Crippen LogP contribution in [-0.2, 0) is 20.4 Å². The van der Waals surface area contributed by atoms with Crippen molar-refractivity contribution in [2.75, 3.05) is 18.6 Å². The van der Waals surface area contributed by atoms with Crippen molar-refractivity contribution < 1.29 is 49.7 Å². The summed E-state index contributed by atoms with van der Waals surface area (Å²) in [6, 6.07) is 5.14. The van der Waals surface area contributed by atoms with Crippen molar-refractivity contribution in [3.63, 3.8) is 0 Å². The molecule has 37 heavy (non-hydrogen) atoms. The molecule has 0 amide bonds. The summed E-state index contributed by atoms with van der Waals surface area (Å²) in [5.74, 6) is -5.62. The number of hydrogen-bond donors (Lipinski definition) is 2. The van der Waals surface area contributed by atoms with Crippen LogP contribution in [0.5, 0.6) is 5.75 Å². The minimum absolute atomic E-state index is 0.0253. The molecule has 2 aromatic rings. The maximum absolute atomic E-state index is 15.3. The lowest BCUT2D eigenvalue weighted by atomic mass is 9.96. The van der Waals surface area contributed by atoms with E-state index in [-0.39, 0.29) is 17.3 Å². The molecule has 1 aliphatic rings. The highest BCUT2D eigenvalue weighted by molar-refractivity contribution is 6.21. The van der Waals surface area contributed by atoms with E-state index < -0.39 is 76.8 Å². The van der Waals surface area contributed by atoms with Gasteiger partial charge in [0.2, 0.25) is 5.84 Å². The molecule has 0 fully saturated rings. The first-order chi connectivity index (χ1) is 17.2. The number of esters is 1. The summed E-state index contributed by atoms with van der Waals surface area (Å²) in [6.07, 6.45) is -14.8. The second kappa shape index (κ2) is 10.4. The maximum atomic E-state index is 15.3. The lowest BCUT2D eigenvalue weighted by molar-refractivity contribution is -0.145. The maximum Gasteiger partial charge on any atom is 0.449 e. The SMILES string of the molecule is CCOC(=O)C[C@H]1O[C@H](c2cccc(OC)c2F)c2cc(C(F)(F)F)ccc2N(C(=N)C(F)(F)F)C1=N. The first-order valence-electron chi connectivity index (χ1n) is 10.6. The number of fused-ring (bicyclic) bond motifs is 1. The number of rotatable bonds is 5. The van der Waals surface area contributed by atoms with Gasteiger partial charge in [0.25, 0.3) is 0 Å². The molecular weight excluding hydrogens is 515 g/mol. The smallest absolute Gasteiger partial charge is 0.449 e. The lowest BCUT2D eigenvalue weighted by Gasteiger charge is -2.28. The zero-order chi connectivity index (χ0) is 27.7. The van der Waals surface area contributed by atoms with Crippen LogP contribution >= 0.6 is 0 Å². The number of halogens is 7. The Hall–Kier alpha value is -3.68. The number of anilines is 1. The Morgan fingerprint density at radius 3 is 2.35 bits per heavy atom. The van der Waals surface area contributed by atoms with E-state index in [0.717, 1.165) is 13.2 Å². The molecule has 7 nitrogen and oxygen atoms in total. The number of benzene rings is 2. The van der Waals surface area contributed by atoms with Gasteiger partial charge in [-0.05, 0) is 31.2 Å². The van der Waals surface area contributed by atoms with E-state index >= 15 is 4.39 Å². The minimum atomic E-state index is -5.35. The predicted molar refractivity (Wildman–Crippen MR) is 116 cm³/mol. The van der Waals surface area contributed by atoms with Gasteiger partial charge in [-0.3, -0.25) is 20.5 Å². The van der Waals surface area contributed by atoms with Crippen LogP contribution < -0.4 is 9.64 Å². The van der Waals surface area contributed by atoms with Crippen LogP contribution in [-0.4, -0.2) is 43.6 Å². The number of carbonyl (C=O) groups excluding carboxylic acids is 1. The van der Waals surface area contributed by atoms with Crippen molar-refractivity contribution in [3.05, 3.63) is 58.9 Å². The van der Waals surface area contributed by atoms with Gasteiger partial charge in [0, 0.05) is 11.1 Å². The molecule has 0 saturated carbocycles. The summed E-state index contributed by atoms with van der Waals surface area (Å²) in [6.45, 7) is 1.33. The molecule has 200 valence electrons. The van der Waals surface area contributed by atoms with Crippen LogP contribution in [0.1, 0.15) is 36.1 Å². The fourth-order valence-corrected chi connectivity index (χ4v) is 3.73. The predicted octanol–water partition coefficient (Wildman–Crippen LogP) is 5.62. The summed E-state index contributed by atoms with van der Waals surface area (Å²) < 4.78 is 112. The summed E-state index contributed by atoms with van der Waals surface area (Å²) >= 11 is 0. The lowest BCUT2D eigenvalue weighted by Crippen LogP contribution is -2.48. The fourth-order valence-electron chi connectivity index (χ4n) is 3.73. The minimum Gasteiger partial charge on any atom is -0.494 e. The van der Waals surface area contributed by atoms with Crippen molar-refractivity contribution in [1.82, 2.24) is 0 Å². The number of nitrogens with one attached hydrogen (secondary N) is 2. The number of carbonyl (C=O) groups is 1. The van der Waals surface area contributed by atoms with Crippen molar-refractivity contribution >= 4 is 23.3 Å². The standard InChI is InChI=1S/C23H20F7N3O4/c1-3-36-17(34)10-16-20(31)33(21(32)23(28,29)30)14-8-7-11(22(25,26)27)9-13(14)19(37-16)12-5-4-6-15(35-2)18(12)24/h4-9,16,19,31-32H,3,10H2,1-2H3/t16-,19-/m1/s1. The van der Waals surface area contributed by atoms with Crippen LogP contribution in [0.2, 0.25) is 0 Å². The van der Waals surface area contributed by atoms with Gasteiger partial charge in [-0.1, -0.05) is 12.1 Å². The Labute approximate surface area is 205 Å². The monoisotopic (exact) mass is 535 g/mol. The highest BCUT2D eigenvalue weighted by Crippen LogP contribution is 2.44. The second-order valence-corrected chi connectivity index (χ2v) is 7.72. The molecule has 0 bridgehead atoms. The summed E-state index contributed by atoms with van der Waals surface area (Å²) in [5.41, 5.74) is -3.02. The third-order valence-electron chi connectivity index (χ3n) is 5.37. The van der Waals surface area contributed by atoms with Crippen LogP contribution in [0.3, 0.4) is 0 Å². The molecule has 0 radical (unpaired) electrons. The fraction of sp³-hybridized carbons (Fsp3) is 0.348. The number of ether oxygens (including phenoxy) is 3. The van der Waals surface area contributed by atoms with E-state index in [1.807, 2.05) is 0 Å². The van der Waals surface area contributed by atoms with Gasteiger partial charge in [-0.2, -0.15) is 26.3 Å². The molecule has 0 spiro atoms. The Kier molecular flexibility index (Phi) is 7.81. The highest BCUT2D eigenvalue weighted by Gasteiger charge is 2.47. The van der Waals surface area contributed by atoms with Crippen LogP contribution in [0.25, 0.3) is 0 Å². The molecule has 0 aliphatic carbocycles. The van der Waals surface area contributed by atoms with E-state index in [1.54, 1.807) is 0 Å². The molecule has 0 saturated heterocycles. The zero-order valence-electron chi connectivity index (χ0n) is 19.3. The first kappa shape index (κ1) is 27.9.